The van der Waals surface area contributed by atoms with Crippen molar-refractivity contribution in [2.45, 2.75) is 11.3 Å². The molecule has 0 atom stereocenters. The third-order valence-electron chi connectivity index (χ3n) is 2.39. The molecule has 2 aromatic rings. The van der Waals surface area contributed by atoms with E-state index in [2.05, 4.69) is 4.98 Å². The molecule has 0 aliphatic carbocycles. The van der Waals surface area contributed by atoms with Crippen molar-refractivity contribution < 1.29 is 13.3 Å². The molecule has 0 spiro atoms. The summed E-state index contributed by atoms with van der Waals surface area (Å²) in [7, 11) is -2.17. The minimum absolute atomic E-state index is 0.0740. The second kappa shape index (κ2) is 4.81. The summed E-state index contributed by atoms with van der Waals surface area (Å²) in [5.41, 5.74) is 1.46. The maximum absolute atomic E-state index is 11.2. The van der Waals surface area contributed by atoms with E-state index in [9.17, 15) is 8.42 Å². The molecule has 0 aliphatic rings. The summed E-state index contributed by atoms with van der Waals surface area (Å²) in [6, 6.07) is 5.40. The zero-order chi connectivity index (χ0) is 13.3. The van der Waals surface area contributed by atoms with Crippen molar-refractivity contribution in [1.29, 1.82) is 0 Å². The Morgan fingerprint density at radius 2 is 2.22 bits per heavy atom. The molecule has 98 valence electrons. The summed E-state index contributed by atoms with van der Waals surface area (Å²) >= 11 is 1.05. The molecule has 0 saturated heterocycles. The lowest BCUT2D eigenvalue weighted by molar-refractivity contribution is 0.171. The van der Waals surface area contributed by atoms with Crippen molar-refractivity contribution in [3.05, 3.63) is 18.2 Å². The van der Waals surface area contributed by atoms with Crippen LogP contribution in [0.3, 0.4) is 0 Å². The molecule has 2 rings (SSSR count). The van der Waals surface area contributed by atoms with Gasteiger partial charge in [-0.3, -0.25) is 9.90 Å². The number of hydrogen-bond donors (Lipinski definition) is 1. The molecule has 0 aliphatic heterocycles. The van der Waals surface area contributed by atoms with Crippen molar-refractivity contribution in [2.24, 2.45) is 5.14 Å². The molecule has 8 heteroatoms. The van der Waals surface area contributed by atoms with Gasteiger partial charge in [0, 0.05) is 6.54 Å². The number of aromatic nitrogens is 1. The molecule has 2 N–H and O–H groups in total. The molecule has 1 aromatic heterocycles. The van der Waals surface area contributed by atoms with Crippen LogP contribution in [-0.2, 0) is 14.9 Å². The van der Waals surface area contributed by atoms with E-state index >= 15 is 0 Å². The van der Waals surface area contributed by atoms with Crippen molar-refractivity contribution in [1.82, 2.24) is 4.98 Å². The van der Waals surface area contributed by atoms with E-state index in [1.54, 1.807) is 18.2 Å². The Kier molecular flexibility index (Phi) is 3.53. The van der Waals surface area contributed by atoms with Gasteiger partial charge in [0.1, 0.15) is 0 Å². The summed E-state index contributed by atoms with van der Waals surface area (Å²) in [5, 5.41) is 6.75. The Morgan fingerprint density at radius 3 is 2.78 bits per heavy atom. The second-order valence-electron chi connectivity index (χ2n) is 3.55. The van der Waals surface area contributed by atoms with E-state index in [0.717, 1.165) is 21.7 Å². The zero-order valence-electron chi connectivity index (χ0n) is 9.95. The number of thiazole rings is 1. The number of benzene rings is 1. The Bertz CT molecular complexity index is 662. The highest BCUT2D eigenvalue weighted by Gasteiger charge is 2.15. The molecule has 6 nitrogen and oxygen atoms in total. The zero-order valence-corrected chi connectivity index (χ0v) is 11.6. The minimum Gasteiger partial charge on any atom is -0.277 e. The first kappa shape index (κ1) is 13.2. The molecule has 0 radical (unpaired) electrons. The van der Waals surface area contributed by atoms with Crippen LogP contribution in [0.2, 0.25) is 0 Å². The maximum atomic E-state index is 11.2. The number of rotatable bonds is 4. The standard InChI is InChI=1S/C10H13N3O3S2/c1-3-13(16-2)7-4-5-8-9(6-7)17-10(12-8)18(11,14)15/h4-6H,3H2,1-2H3,(H2,11,14,15). The van der Waals surface area contributed by atoms with Gasteiger partial charge < -0.3 is 0 Å². The number of anilines is 1. The topological polar surface area (TPSA) is 85.5 Å². The van der Waals surface area contributed by atoms with E-state index in [0.29, 0.717) is 12.1 Å². The third kappa shape index (κ3) is 2.46. The van der Waals surface area contributed by atoms with Crippen LogP contribution in [0.15, 0.2) is 22.5 Å². The fourth-order valence-electron chi connectivity index (χ4n) is 1.59. The van der Waals surface area contributed by atoms with Crippen LogP contribution in [0.25, 0.3) is 10.2 Å². The highest BCUT2D eigenvalue weighted by molar-refractivity contribution is 7.91. The van der Waals surface area contributed by atoms with Crippen molar-refractivity contribution in [2.75, 3.05) is 18.7 Å². The molecule has 1 aromatic carbocycles. The second-order valence-corrected chi connectivity index (χ2v) is 6.32. The summed E-state index contributed by atoms with van der Waals surface area (Å²) in [6.45, 7) is 2.64. The Hall–Kier alpha value is -1.22. The predicted molar refractivity (Wildman–Crippen MR) is 71.0 cm³/mol. The first-order valence-corrected chi connectivity index (χ1v) is 7.57. The van der Waals surface area contributed by atoms with Crippen LogP contribution in [-0.4, -0.2) is 27.1 Å². The largest absolute Gasteiger partial charge is 0.277 e. The molecule has 18 heavy (non-hydrogen) atoms. The van der Waals surface area contributed by atoms with Gasteiger partial charge in [-0.25, -0.2) is 18.5 Å². The monoisotopic (exact) mass is 287 g/mol. The molecule has 1 heterocycles. The third-order valence-corrected chi connectivity index (χ3v) is 4.73. The number of sulfonamides is 1. The number of nitrogens with two attached hydrogens (primary N) is 1. The van der Waals surface area contributed by atoms with Crippen LogP contribution in [0.4, 0.5) is 5.69 Å². The summed E-state index contributed by atoms with van der Waals surface area (Å²) in [5.74, 6) is 0. The molecule has 0 saturated carbocycles. The maximum Gasteiger partial charge on any atom is 0.265 e. The highest BCUT2D eigenvalue weighted by Crippen LogP contribution is 2.28. The van der Waals surface area contributed by atoms with Crippen molar-refractivity contribution in [3.8, 4) is 0 Å². The van der Waals surface area contributed by atoms with E-state index in [1.807, 2.05) is 19.1 Å². The molecule has 0 amide bonds. The number of hydroxylamine groups is 1. The van der Waals surface area contributed by atoms with Crippen molar-refractivity contribution in [3.63, 3.8) is 0 Å². The van der Waals surface area contributed by atoms with Crippen LogP contribution in [0.1, 0.15) is 6.92 Å². The number of primary sulfonamides is 1. The Morgan fingerprint density at radius 1 is 1.50 bits per heavy atom. The highest BCUT2D eigenvalue weighted by atomic mass is 32.2. The number of hydrogen-bond acceptors (Lipinski definition) is 6. The average molecular weight is 287 g/mol. The van der Waals surface area contributed by atoms with Crippen LogP contribution in [0, 0.1) is 0 Å². The Labute approximate surface area is 109 Å². The fraction of sp³-hybridized carbons (Fsp3) is 0.300. The molecule has 0 fully saturated rings. The average Bonchev–Trinajstić information content (AvgIpc) is 2.73. The summed E-state index contributed by atoms with van der Waals surface area (Å²) in [4.78, 5) is 9.17. The lowest BCUT2D eigenvalue weighted by Crippen LogP contribution is -2.20. The van der Waals surface area contributed by atoms with Gasteiger partial charge in [-0.1, -0.05) is 0 Å². The number of fused-ring (bicyclic) bond motifs is 1. The molecular weight excluding hydrogens is 274 g/mol. The normalized spacial score (nSPS) is 11.9. The lowest BCUT2D eigenvalue weighted by atomic mass is 10.3. The van der Waals surface area contributed by atoms with Gasteiger partial charge >= 0.3 is 0 Å². The molecule has 0 bridgehead atoms. The minimum atomic E-state index is -3.75. The van der Waals surface area contributed by atoms with Gasteiger partial charge in [0.05, 0.1) is 23.0 Å². The van der Waals surface area contributed by atoms with E-state index in [4.69, 9.17) is 9.98 Å². The van der Waals surface area contributed by atoms with Gasteiger partial charge in [-0.15, -0.1) is 11.3 Å². The van der Waals surface area contributed by atoms with E-state index < -0.39 is 10.0 Å². The van der Waals surface area contributed by atoms with Crippen LogP contribution >= 0.6 is 11.3 Å². The Balaban J connectivity index is 2.52. The first-order valence-electron chi connectivity index (χ1n) is 5.20. The van der Waals surface area contributed by atoms with Crippen LogP contribution in [0.5, 0.6) is 0 Å². The van der Waals surface area contributed by atoms with Gasteiger partial charge in [-0.05, 0) is 25.1 Å². The van der Waals surface area contributed by atoms with Gasteiger partial charge in [0.2, 0.25) is 4.34 Å². The quantitative estimate of drug-likeness (QED) is 0.857. The lowest BCUT2D eigenvalue weighted by Gasteiger charge is -2.19. The SMILES string of the molecule is CCN(OC)c1ccc2nc(S(N)(=O)=O)sc2c1. The van der Waals surface area contributed by atoms with Crippen LogP contribution < -0.4 is 10.2 Å². The summed E-state index contributed by atoms with van der Waals surface area (Å²) < 4.78 is 23.1. The smallest absolute Gasteiger partial charge is 0.265 e. The summed E-state index contributed by atoms with van der Waals surface area (Å²) in [6.07, 6.45) is 0. The van der Waals surface area contributed by atoms with Gasteiger partial charge in [-0.2, -0.15) is 0 Å². The van der Waals surface area contributed by atoms with Crippen molar-refractivity contribution >= 4 is 37.3 Å². The van der Waals surface area contributed by atoms with Gasteiger partial charge in [0.15, 0.2) is 0 Å². The van der Waals surface area contributed by atoms with E-state index in [-0.39, 0.29) is 4.34 Å². The molecular formula is C10H13N3O3S2. The fourth-order valence-corrected chi connectivity index (χ4v) is 3.28. The number of nitrogens with zero attached hydrogens (tertiary/aromatic N) is 2. The predicted octanol–water partition coefficient (Wildman–Crippen LogP) is 1.33. The first-order chi connectivity index (χ1) is 8.45. The molecule has 0 unspecified atom stereocenters. The van der Waals surface area contributed by atoms with Gasteiger partial charge in [0.25, 0.3) is 10.0 Å². The van der Waals surface area contributed by atoms with E-state index in [1.165, 1.54) is 0 Å².